The molecule has 0 aliphatic rings. The second-order valence-corrected chi connectivity index (χ2v) is 4.47. The lowest BCUT2D eigenvalue weighted by Crippen LogP contribution is -2.37. The van der Waals surface area contributed by atoms with Gasteiger partial charge in [0.15, 0.2) is 5.78 Å². The Morgan fingerprint density at radius 2 is 2.36 bits per heavy atom. The maximum absolute atomic E-state index is 11.7. The largest absolute Gasteiger partial charge is 0.321 e. The molecule has 14 heavy (non-hydrogen) atoms. The molecule has 2 atom stereocenters. The van der Waals surface area contributed by atoms with Crippen molar-refractivity contribution >= 4 is 17.1 Å². The standard InChI is InChI=1S/C11H17NOS/c1-3-8(2)11(12)10(13)6-9-4-5-14-7-9/h4-5,7-8,11H,3,6,12H2,1-2H3. The second kappa shape index (κ2) is 5.27. The number of hydrogen-bond donors (Lipinski definition) is 1. The number of carbonyl (C=O) groups is 1. The zero-order valence-corrected chi connectivity index (χ0v) is 9.51. The van der Waals surface area contributed by atoms with E-state index in [1.54, 1.807) is 11.3 Å². The van der Waals surface area contributed by atoms with Gasteiger partial charge in [-0.1, -0.05) is 20.3 Å². The SMILES string of the molecule is CCC(C)C(N)C(=O)Cc1ccsc1. The van der Waals surface area contributed by atoms with E-state index >= 15 is 0 Å². The van der Waals surface area contributed by atoms with Gasteiger partial charge in [-0.25, -0.2) is 0 Å². The Hall–Kier alpha value is -0.670. The van der Waals surface area contributed by atoms with E-state index in [0.29, 0.717) is 6.42 Å². The van der Waals surface area contributed by atoms with Gasteiger partial charge in [-0.15, -0.1) is 0 Å². The Kier molecular flexibility index (Phi) is 4.29. The third-order valence-corrected chi connectivity index (χ3v) is 3.32. The molecule has 0 spiro atoms. The van der Waals surface area contributed by atoms with Crippen LogP contribution in [0.5, 0.6) is 0 Å². The van der Waals surface area contributed by atoms with Gasteiger partial charge in [0.25, 0.3) is 0 Å². The van der Waals surface area contributed by atoms with Gasteiger partial charge in [0.1, 0.15) is 0 Å². The summed E-state index contributed by atoms with van der Waals surface area (Å²) in [7, 11) is 0. The smallest absolute Gasteiger partial charge is 0.154 e. The topological polar surface area (TPSA) is 43.1 Å². The van der Waals surface area contributed by atoms with Gasteiger partial charge in [0.05, 0.1) is 6.04 Å². The first-order valence-corrected chi connectivity index (χ1v) is 5.88. The first-order valence-electron chi connectivity index (χ1n) is 4.94. The van der Waals surface area contributed by atoms with Gasteiger partial charge in [0.2, 0.25) is 0 Å². The maximum Gasteiger partial charge on any atom is 0.154 e. The fraction of sp³-hybridized carbons (Fsp3) is 0.545. The van der Waals surface area contributed by atoms with Crippen molar-refractivity contribution in [3.8, 4) is 0 Å². The highest BCUT2D eigenvalue weighted by Gasteiger charge is 2.19. The average molecular weight is 211 g/mol. The molecule has 0 aliphatic carbocycles. The predicted octanol–water partition coefficient (Wildman–Crippen LogP) is 2.23. The van der Waals surface area contributed by atoms with Gasteiger partial charge in [-0.05, 0) is 28.3 Å². The van der Waals surface area contributed by atoms with E-state index < -0.39 is 0 Å². The van der Waals surface area contributed by atoms with Crippen LogP contribution in [0.2, 0.25) is 0 Å². The highest BCUT2D eigenvalue weighted by Crippen LogP contribution is 2.11. The average Bonchev–Trinajstić information content (AvgIpc) is 2.68. The zero-order valence-electron chi connectivity index (χ0n) is 8.69. The number of rotatable bonds is 5. The quantitative estimate of drug-likeness (QED) is 0.811. The molecule has 0 saturated carbocycles. The van der Waals surface area contributed by atoms with Crippen LogP contribution in [-0.4, -0.2) is 11.8 Å². The molecule has 0 saturated heterocycles. The first kappa shape index (κ1) is 11.4. The zero-order chi connectivity index (χ0) is 10.6. The number of hydrogen-bond acceptors (Lipinski definition) is 3. The maximum atomic E-state index is 11.7. The third-order valence-electron chi connectivity index (χ3n) is 2.59. The van der Waals surface area contributed by atoms with E-state index in [1.165, 1.54) is 0 Å². The van der Waals surface area contributed by atoms with Gasteiger partial charge in [-0.3, -0.25) is 4.79 Å². The van der Waals surface area contributed by atoms with Crippen molar-refractivity contribution < 1.29 is 4.79 Å². The summed E-state index contributed by atoms with van der Waals surface area (Å²) in [6.45, 7) is 4.08. The molecule has 78 valence electrons. The fourth-order valence-electron chi connectivity index (χ4n) is 1.28. The fourth-order valence-corrected chi connectivity index (χ4v) is 1.95. The third kappa shape index (κ3) is 2.93. The summed E-state index contributed by atoms with van der Waals surface area (Å²) in [4.78, 5) is 11.7. The van der Waals surface area contributed by atoms with Crippen LogP contribution in [0.25, 0.3) is 0 Å². The van der Waals surface area contributed by atoms with Crippen molar-refractivity contribution in [2.45, 2.75) is 32.7 Å². The van der Waals surface area contributed by atoms with Gasteiger partial charge in [-0.2, -0.15) is 11.3 Å². The minimum atomic E-state index is -0.306. The van der Waals surface area contributed by atoms with Crippen molar-refractivity contribution in [1.29, 1.82) is 0 Å². The van der Waals surface area contributed by atoms with E-state index in [4.69, 9.17) is 5.73 Å². The Bertz CT molecular complexity index is 281. The normalized spacial score (nSPS) is 15.1. The molecule has 0 fully saturated rings. The Morgan fingerprint density at radius 1 is 1.64 bits per heavy atom. The van der Waals surface area contributed by atoms with E-state index in [-0.39, 0.29) is 17.7 Å². The molecule has 0 aliphatic heterocycles. The summed E-state index contributed by atoms with van der Waals surface area (Å²) in [5.41, 5.74) is 6.92. The van der Waals surface area contributed by atoms with Crippen LogP contribution in [0.15, 0.2) is 16.8 Å². The summed E-state index contributed by atoms with van der Waals surface area (Å²) >= 11 is 1.61. The van der Waals surface area contributed by atoms with Crippen LogP contribution in [0.4, 0.5) is 0 Å². The van der Waals surface area contributed by atoms with Crippen molar-refractivity contribution in [3.05, 3.63) is 22.4 Å². The summed E-state index contributed by atoms with van der Waals surface area (Å²) < 4.78 is 0. The molecule has 3 heteroatoms. The minimum absolute atomic E-state index is 0.151. The molecule has 0 radical (unpaired) electrons. The lowest BCUT2D eigenvalue weighted by Gasteiger charge is -2.16. The number of ketones is 1. The summed E-state index contributed by atoms with van der Waals surface area (Å²) in [6, 6.07) is 1.67. The molecule has 1 aromatic heterocycles. The molecule has 2 unspecified atom stereocenters. The highest BCUT2D eigenvalue weighted by molar-refractivity contribution is 7.07. The second-order valence-electron chi connectivity index (χ2n) is 3.69. The summed E-state index contributed by atoms with van der Waals surface area (Å²) in [5, 5.41) is 3.98. The highest BCUT2D eigenvalue weighted by atomic mass is 32.1. The van der Waals surface area contributed by atoms with E-state index in [2.05, 4.69) is 6.92 Å². The van der Waals surface area contributed by atoms with Gasteiger partial charge < -0.3 is 5.73 Å². The molecule has 2 nitrogen and oxygen atoms in total. The Labute approximate surface area is 89.1 Å². The van der Waals surface area contributed by atoms with Crippen molar-refractivity contribution in [2.24, 2.45) is 11.7 Å². The first-order chi connectivity index (χ1) is 6.65. The van der Waals surface area contributed by atoms with Crippen LogP contribution in [0.3, 0.4) is 0 Å². The monoisotopic (exact) mass is 211 g/mol. The predicted molar refractivity (Wildman–Crippen MR) is 60.5 cm³/mol. The van der Waals surface area contributed by atoms with E-state index in [1.807, 2.05) is 23.8 Å². The van der Waals surface area contributed by atoms with Crippen LogP contribution >= 0.6 is 11.3 Å². The molecule has 2 N–H and O–H groups in total. The Balaban J connectivity index is 2.50. The number of carbonyl (C=O) groups excluding carboxylic acids is 1. The van der Waals surface area contributed by atoms with Crippen molar-refractivity contribution in [3.63, 3.8) is 0 Å². The molecular formula is C11H17NOS. The number of Topliss-reactive ketones (excluding diaryl/α,β-unsaturated/α-hetero) is 1. The molecular weight excluding hydrogens is 194 g/mol. The summed E-state index contributed by atoms with van der Waals surface area (Å²) in [6.07, 6.45) is 1.44. The number of thiophene rings is 1. The van der Waals surface area contributed by atoms with E-state index in [0.717, 1.165) is 12.0 Å². The summed E-state index contributed by atoms with van der Waals surface area (Å²) in [5.74, 6) is 0.430. The Morgan fingerprint density at radius 3 is 2.86 bits per heavy atom. The lowest BCUT2D eigenvalue weighted by atomic mass is 9.94. The minimum Gasteiger partial charge on any atom is -0.321 e. The lowest BCUT2D eigenvalue weighted by molar-refractivity contribution is -0.120. The van der Waals surface area contributed by atoms with Crippen LogP contribution < -0.4 is 5.73 Å². The van der Waals surface area contributed by atoms with Crippen molar-refractivity contribution in [1.82, 2.24) is 0 Å². The molecule has 0 aromatic carbocycles. The molecule has 0 amide bonds. The molecule has 1 heterocycles. The van der Waals surface area contributed by atoms with E-state index in [9.17, 15) is 4.79 Å². The van der Waals surface area contributed by atoms with Crippen molar-refractivity contribution in [2.75, 3.05) is 0 Å². The van der Waals surface area contributed by atoms with Crippen LogP contribution in [-0.2, 0) is 11.2 Å². The van der Waals surface area contributed by atoms with Crippen LogP contribution in [0.1, 0.15) is 25.8 Å². The van der Waals surface area contributed by atoms with Crippen LogP contribution in [0, 0.1) is 5.92 Å². The molecule has 0 bridgehead atoms. The molecule has 1 rings (SSSR count). The number of nitrogens with two attached hydrogens (primary N) is 1. The van der Waals surface area contributed by atoms with Gasteiger partial charge >= 0.3 is 0 Å². The van der Waals surface area contributed by atoms with Gasteiger partial charge in [0, 0.05) is 6.42 Å². The molecule has 1 aromatic rings.